The second kappa shape index (κ2) is 10.5. The molecule has 0 aromatic carbocycles. The molecule has 0 aliphatic carbocycles. The molecule has 0 rings (SSSR count). The van der Waals surface area contributed by atoms with Crippen LogP contribution in [0.15, 0.2) is 0 Å². The summed E-state index contributed by atoms with van der Waals surface area (Å²) in [4.78, 5) is 0. The van der Waals surface area contributed by atoms with Crippen LogP contribution in [0.4, 0.5) is 0 Å². The summed E-state index contributed by atoms with van der Waals surface area (Å²) in [5, 5.41) is 0. The van der Waals surface area contributed by atoms with Crippen molar-refractivity contribution in [3.05, 3.63) is 0 Å². The number of hydrogen-bond acceptors (Lipinski definition) is 0. The SMILES string of the molecule is CC(C)[P@@](C)CC[P@](C)C(C)C.[B].[B]. The number of hydrogen-bond donors (Lipinski definition) is 0. The van der Waals surface area contributed by atoms with Crippen LogP contribution < -0.4 is 0 Å². The van der Waals surface area contributed by atoms with Gasteiger partial charge in [-0.25, -0.2) is 0 Å². The fraction of sp³-hybridized carbons (Fsp3) is 1.00. The molecule has 0 saturated heterocycles. The highest BCUT2D eigenvalue weighted by Gasteiger charge is 2.10. The van der Waals surface area contributed by atoms with Crippen molar-refractivity contribution in [2.45, 2.75) is 39.0 Å². The summed E-state index contributed by atoms with van der Waals surface area (Å²) in [6.45, 7) is 14.3. The Labute approximate surface area is 97.7 Å². The van der Waals surface area contributed by atoms with Crippen LogP contribution in [0.5, 0.6) is 0 Å². The Bertz CT molecular complexity index is 105. The minimum atomic E-state index is 0. The number of rotatable bonds is 5. The molecule has 0 aromatic rings. The van der Waals surface area contributed by atoms with E-state index < -0.39 is 0 Å². The van der Waals surface area contributed by atoms with E-state index in [-0.39, 0.29) is 16.8 Å². The largest absolute Gasteiger partial charge is 0.107 e. The van der Waals surface area contributed by atoms with Gasteiger partial charge in [0.05, 0.1) is 0 Å². The van der Waals surface area contributed by atoms with Crippen LogP contribution in [0.25, 0.3) is 0 Å². The lowest BCUT2D eigenvalue weighted by atomic mass is 10.6. The van der Waals surface area contributed by atoms with Gasteiger partial charge in [-0.05, 0) is 37.0 Å². The van der Waals surface area contributed by atoms with Gasteiger partial charge in [0.1, 0.15) is 0 Å². The van der Waals surface area contributed by atoms with Crippen molar-refractivity contribution in [3.63, 3.8) is 0 Å². The van der Waals surface area contributed by atoms with E-state index in [2.05, 4.69) is 41.0 Å². The van der Waals surface area contributed by atoms with Crippen LogP contribution in [0.1, 0.15) is 27.7 Å². The Kier molecular flexibility index (Phi) is 15.3. The summed E-state index contributed by atoms with van der Waals surface area (Å²) < 4.78 is 0. The normalized spacial score (nSPS) is 14.6. The highest BCUT2D eigenvalue weighted by atomic mass is 31.1. The van der Waals surface area contributed by atoms with Crippen LogP contribution in [-0.4, -0.2) is 53.8 Å². The molecule has 0 aliphatic heterocycles. The Morgan fingerprint density at radius 1 is 0.714 bits per heavy atom. The predicted molar refractivity (Wildman–Crippen MR) is 77.2 cm³/mol. The average Bonchev–Trinajstić information content (AvgIpc) is 1.98. The van der Waals surface area contributed by atoms with E-state index in [1.165, 1.54) is 12.3 Å². The first kappa shape index (κ1) is 20.4. The van der Waals surface area contributed by atoms with Crippen molar-refractivity contribution in [1.82, 2.24) is 0 Å². The maximum absolute atomic E-state index is 2.45. The van der Waals surface area contributed by atoms with Crippen molar-refractivity contribution in [3.8, 4) is 0 Å². The molecule has 0 N–H and O–H groups in total. The summed E-state index contributed by atoms with van der Waals surface area (Å²) in [5.74, 6) is 0. The van der Waals surface area contributed by atoms with Crippen LogP contribution in [0.3, 0.4) is 0 Å². The van der Waals surface area contributed by atoms with Crippen LogP contribution >= 0.6 is 15.8 Å². The molecule has 0 heterocycles. The van der Waals surface area contributed by atoms with E-state index in [1.807, 2.05) is 0 Å². The first-order valence-electron chi connectivity index (χ1n) is 4.85. The quantitative estimate of drug-likeness (QED) is 0.500. The van der Waals surface area contributed by atoms with E-state index in [0.717, 1.165) is 11.3 Å². The third kappa shape index (κ3) is 9.54. The molecule has 2 atom stereocenters. The lowest BCUT2D eigenvalue weighted by molar-refractivity contribution is 1.07. The molecule has 0 amide bonds. The molecule has 14 heavy (non-hydrogen) atoms. The van der Waals surface area contributed by atoms with Crippen molar-refractivity contribution in [2.24, 2.45) is 0 Å². The second-order valence-electron chi connectivity index (χ2n) is 4.15. The smallest absolute Gasteiger partial charge is 0 e. The van der Waals surface area contributed by atoms with Gasteiger partial charge in [-0.2, -0.15) is 0 Å². The lowest BCUT2D eigenvalue weighted by Gasteiger charge is -2.21. The van der Waals surface area contributed by atoms with Gasteiger partial charge in [-0.3, -0.25) is 0 Å². The first-order chi connectivity index (χ1) is 5.45. The van der Waals surface area contributed by atoms with Gasteiger partial charge < -0.3 is 0 Å². The minimum Gasteiger partial charge on any atom is -0.107 e. The fourth-order valence-corrected chi connectivity index (χ4v) is 4.39. The molecule has 0 bridgehead atoms. The topological polar surface area (TPSA) is 0 Å². The Morgan fingerprint density at radius 2 is 0.929 bits per heavy atom. The van der Waals surface area contributed by atoms with E-state index in [1.54, 1.807) is 0 Å². The van der Waals surface area contributed by atoms with Crippen LogP contribution in [-0.2, 0) is 0 Å². The molecular weight excluding hydrogens is 204 g/mol. The van der Waals surface area contributed by atoms with Gasteiger partial charge in [0.2, 0.25) is 0 Å². The molecule has 0 unspecified atom stereocenters. The summed E-state index contributed by atoms with van der Waals surface area (Å²) in [6.07, 6.45) is 2.99. The molecule has 80 valence electrons. The summed E-state index contributed by atoms with van der Waals surface area (Å²) >= 11 is 0. The maximum atomic E-state index is 2.45. The fourth-order valence-electron chi connectivity index (χ4n) is 0.832. The molecule has 0 aromatic heterocycles. The average molecular weight is 228 g/mol. The second-order valence-corrected chi connectivity index (χ2v) is 10.1. The van der Waals surface area contributed by atoms with Gasteiger partial charge >= 0.3 is 0 Å². The minimum absolute atomic E-state index is 0. The van der Waals surface area contributed by atoms with Gasteiger partial charge in [-0.15, -0.1) is 15.8 Å². The van der Waals surface area contributed by atoms with Crippen molar-refractivity contribution in [1.29, 1.82) is 0 Å². The van der Waals surface area contributed by atoms with Crippen LogP contribution in [0.2, 0.25) is 0 Å². The standard InChI is InChI=1S/C10H24P2.2B/c1-9(2)11(5)7-8-12(6)10(3)4;;/h9-10H,7-8H2,1-6H3;;/t11-,12-;;/m0../s1. The lowest BCUT2D eigenvalue weighted by Crippen LogP contribution is -2.02. The van der Waals surface area contributed by atoms with Crippen molar-refractivity contribution in [2.75, 3.05) is 25.7 Å². The zero-order valence-electron chi connectivity index (χ0n) is 10.6. The van der Waals surface area contributed by atoms with Gasteiger partial charge in [-0.1, -0.05) is 27.7 Å². The van der Waals surface area contributed by atoms with Gasteiger partial charge in [0, 0.05) is 16.8 Å². The maximum Gasteiger partial charge on any atom is 0 e. The molecule has 4 heteroatoms. The first-order valence-corrected chi connectivity index (χ1v) is 8.94. The van der Waals surface area contributed by atoms with E-state index in [4.69, 9.17) is 0 Å². The zero-order chi connectivity index (χ0) is 9.72. The summed E-state index contributed by atoms with van der Waals surface area (Å²) in [7, 11) is 0.639. The van der Waals surface area contributed by atoms with Crippen molar-refractivity contribution < 1.29 is 0 Å². The summed E-state index contributed by atoms with van der Waals surface area (Å²) in [5.41, 5.74) is 1.85. The molecule has 0 spiro atoms. The Balaban J connectivity index is -0.000000605. The van der Waals surface area contributed by atoms with Crippen LogP contribution in [0, 0.1) is 0 Å². The predicted octanol–water partition coefficient (Wildman–Crippen LogP) is 3.27. The molecule has 0 nitrogen and oxygen atoms in total. The summed E-state index contributed by atoms with van der Waals surface area (Å²) in [6, 6.07) is 0. The van der Waals surface area contributed by atoms with Gasteiger partial charge in [0.25, 0.3) is 0 Å². The third-order valence-electron chi connectivity index (χ3n) is 2.57. The Morgan fingerprint density at radius 3 is 1.07 bits per heavy atom. The van der Waals surface area contributed by atoms with E-state index in [9.17, 15) is 0 Å². The molecule has 6 radical (unpaired) electrons. The van der Waals surface area contributed by atoms with Crippen molar-refractivity contribution >= 4 is 32.7 Å². The van der Waals surface area contributed by atoms with E-state index >= 15 is 0 Å². The highest BCUT2D eigenvalue weighted by Crippen LogP contribution is 2.43. The molecule has 0 fully saturated rings. The van der Waals surface area contributed by atoms with E-state index in [0.29, 0.717) is 15.8 Å². The molecular formula is C10H24B2P2. The monoisotopic (exact) mass is 228 g/mol. The molecule has 0 aliphatic rings. The van der Waals surface area contributed by atoms with Gasteiger partial charge in [0.15, 0.2) is 0 Å². The third-order valence-corrected chi connectivity index (χ3v) is 8.31. The zero-order valence-corrected chi connectivity index (χ0v) is 12.4. The highest BCUT2D eigenvalue weighted by molar-refractivity contribution is 7.61. The Hall–Kier alpha value is 0.990. The molecule has 0 saturated carbocycles.